The minimum absolute atomic E-state index is 0.106. The minimum atomic E-state index is -0.601. The first-order valence-electron chi connectivity index (χ1n) is 6.66. The molecule has 0 spiro atoms. The summed E-state index contributed by atoms with van der Waals surface area (Å²) in [4.78, 5) is 36.5. The third kappa shape index (κ3) is 5.82. The number of esters is 1. The van der Waals surface area contributed by atoms with Crippen molar-refractivity contribution in [2.24, 2.45) is 0 Å². The predicted octanol–water partition coefficient (Wildman–Crippen LogP) is 0.976. The Morgan fingerprint density at radius 2 is 2.00 bits per heavy atom. The van der Waals surface area contributed by atoms with Gasteiger partial charge >= 0.3 is 12.1 Å². The third-order valence-electron chi connectivity index (χ3n) is 2.67. The molecule has 1 heterocycles. The van der Waals surface area contributed by atoms with E-state index in [4.69, 9.17) is 4.74 Å². The van der Waals surface area contributed by atoms with Crippen LogP contribution in [0.3, 0.4) is 0 Å². The Morgan fingerprint density at radius 3 is 2.57 bits per heavy atom. The van der Waals surface area contributed by atoms with Crippen LogP contribution in [0.1, 0.15) is 27.2 Å². The number of hydrogen-bond donors (Lipinski definition) is 1. The van der Waals surface area contributed by atoms with Gasteiger partial charge in [0.1, 0.15) is 11.6 Å². The van der Waals surface area contributed by atoms with Crippen molar-refractivity contribution in [3.8, 4) is 0 Å². The highest BCUT2D eigenvalue weighted by atomic mass is 32.2. The number of hydrogen-bond acceptors (Lipinski definition) is 6. The molecular weight excluding hydrogens is 296 g/mol. The first-order chi connectivity index (χ1) is 9.74. The van der Waals surface area contributed by atoms with Gasteiger partial charge < -0.3 is 14.8 Å². The van der Waals surface area contributed by atoms with Crippen LogP contribution in [0, 0.1) is 0 Å². The Morgan fingerprint density at radius 1 is 1.33 bits per heavy atom. The molecule has 0 aromatic heterocycles. The highest BCUT2D eigenvalue weighted by molar-refractivity contribution is 7.99. The summed E-state index contributed by atoms with van der Waals surface area (Å²) < 4.78 is 9.77. The van der Waals surface area contributed by atoms with Gasteiger partial charge in [0.15, 0.2) is 0 Å². The lowest BCUT2D eigenvalue weighted by molar-refractivity contribution is -0.140. The Labute approximate surface area is 128 Å². The first kappa shape index (κ1) is 17.6. The zero-order valence-corrected chi connectivity index (χ0v) is 13.6. The maximum absolute atomic E-state index is 12.1. The summed E-state index contributed by atoms with van der Waals surface area (Å²) in [5.41, 5.74) is -0.601. The second kappa shape index (κ2) is 7.53. The molecule has 0 saturated carbocycles. The summed E-state index contributed by atoms with van der Waals surface area (Å²) in [5.74, 6) is 0.266. The molecule has 0 aromatic carbocycles. The molecule has 0 aromatic rings. The van der Waals surface area contributed by atoms with E-state index in [2.05, 4.69) is 10.1 Å². The predicted molar refractivity (Wildman–Crippen MR) is 78.8 cm³/mol. The van der Waals surface area contributed by atoms with Gasteiger partial charge in [0.25, 0.3) is 0 Å². The van der Waals surface area contributed by atoms with E-state index in [0.717, 1.165) is 0 Å². The van der Waals surface area contributed by atoms with Gasteiger partial charge in [-0.3, -0.25) is 14.5 Å². The minimum Gasteiger partial charge on any atom is -0.469 e. The van der Waals surface area contributed by atoms with E-state index in [0.29, 0.717) is 11.6 Å². The maximum atomic E-state index is 12.1. The highest BCUT2D eigenvalue weighted by Crippen LogP contribution is 2.23. The van der Waals surface area contributed by atoms with Crippen molar-refractivity contribution in [3.63, 3.8) is 0 Å². The van der Waals surface area contributed by atoms with E-state index >= 15 is 0 Å². The number of thioether (sulfide) groups is 1. The van der Waals surface area contributed by atoms with Crippen LogP contribution in [-0.4, -0.2) is 59.8 Å². The molecule has 2 amide bonds. The van der Waals surface area contributed by atoms with E-state index < -0.39 is 17.7 Å². The molecule has 8 heteroatoms. The van der Waals surface area contributed by atoms with Gasteiger partial charge in [0, 0.05) is 12.3 Å². The van der Waals surface area contributed by atoms with Crippen LogP contribution in [0.25, 0.3) is 0 Å². The van der Waals surface area contributed by atoms with Crippen LogP contribution in [0.4, 0.5) is 4.79 Å². The van der Waals surface area contributed by atoms with Crippen LogP contribution in [0.5, 0.6) is 0 Å². The van der Waals surface area contributed by atoms with E-state index in [1.165, 1.54) is 23.8 Å². The maximum Gasteiger partial charge on any atom is 0.411 e. The molecule has 0 bridgehead atoms. The molecule has 21 heavy (non-hydrogen) atoms. The van der Waals surface area contributed by atoms with Crippen molar-refractivity contribution < 1.29 is 23.9 Å². The van der Waals surface area contributed by atoms with Crippen molar-refractivity contribution in [2.75, 3.05) is 25.3 Å². The first-order valence-corrected chi connectivity index (χ1v) is 7.82. The van der Waals surface area contributed by atoms with Crippen LogP contribution in [0.2, 0.25) is 0 Å². The van der Waals surface area contributed by atoms with Gasteiger partial charge in [-0.25, -0.2) is 4.79 Å². The van der Waals surface area contributed by atoms with Crippen molar-refractivity contribution in [1.29, 1.82) is 0 Å². The van der Waals surface area contributed by atoms with Crippen LogP contribution < -0.4 is 5.32 Å². The van der Waals surface area contributed by atoms with Gasteiger partial charge in [-0.15, -0.1) is 11.8 Å². The lowest BCUT2D eigenvalue weighted by Gasteiger charge is -2.27. The zero-order valence-electron chi connectivity index (χ0n) is 12.8. The number of amides is 2. The lowest BCUT2D eigenvalue weighted by atomic mass is 10.2. The van der Waals surface area contributed by atoms with Gasteiger partial charge in [0.2, 0.25) is 5.91 Å². The quantitative estimate of drug-likeness (QED) is 0.778. The molecule has 7 nitrogen and oxygen atoms in total. The Bertz CT molecular complexity index is 408. The number of nitrogens with one attached hydrogen (secondary N) is 1. The molecule has 1 saturated heterocycles. The molecule has 0 radical (unpaired) electrons. The molecule has 120 valence electrons. The molecule has 1 fully saturated rings. The van der Waals surface area contributed by atoms with Crippen LogP contribution in [-0.2, 0) is 19.1 Å². The number of carbonyl (C=O) groups excluding carboxylic acids is 3. The van der Waals surface area contributed by atoms with Crippen molar-refractivity contribution in [1.82, 2.24) is 10.2 Å². The zero-order chi connectivity index (χ0) is 16.0. The summed E-state index contributed by atoms with van der Waals surface area (Å²) in [6.45, 7) is 5.52. The lowest BCUT2D eigenvalue weighted by Crippen LogP contribution is -2.49. The average Bonchev–Trinajstić information content (AvgIpc) is 2.85. The number of methoxy groups -OCH3 is 1. The summed E-state index contributed by atoms with van der Waals surface area (Å²) >= 11 is 1.49. The second-order valence-electron chi connectivity index (χ2n) is 5.58. The van der Waals surface area contributed by atoms with E-state index in [1.54, 1.807) is 20.8 Å². The van der Waals surface area contributed by atoms with Crippen molar-refractivity contribution >= 4 is 29.7 Å². The molecule has 1 aliphatic rings. The number of nitrogens with zero attached hydrogens (tertiary/aromatic N) is 1. The molecule has 1 atom stereocenters. The standard InChI is InChI=1S/C13H22N2O5S/c1-13(2,3)20-12(18)15-8-21-7-9(15)11(17)14-6-5-10(16)19-4/h9H,5-8H2,1-4H3,(H,14,17)/t9-/m0/s1. The van der Waals surface area contributed by atoms with Crippen LogP contribution in [0.15, 0.2) is 0 Å². The number of ether oxygens (including phenoxy) is 2. The normalized spacial score (nSPS) is 18.3. The van der Waals surface area contributed by atoms with Crippen molar-refractivity contribution in [3.05, 3.63) is 0 Å². The Balaban J connectivity index is 2.50. The van der Waals surface area contributed by atoms with Gasteiger partial charge in [-0.05, 0) is 20.8 Å². The Hall–Kier alpha value is -1.44. The summed E-state index contributed by atoms with van der Waals surface area (Å²) in [5, 5.41) is 2.63. The molecule has 0 aliphatic carbocycles. The molecule has 1 rings (SSSR count). The smallest absolute Gasteiger partial charge is 0.411 e. The van der Waals surface area contributed by atoms with E-state index in [-0.39, 0.29) is 24.8 Å². The molecule has 1 N–H and O–H groups in total. The van der Waals surface area contributed by atoms with Crippen LogP contribution >= 0.6 is 11.8 Å². The average molecular weight is 318 g/mol. The van der Waals surface area contributed by atoms with Gasteiger partial charge in [-0.1, -0.05) is 0 Å². The Kier molecular flexibility index (Phi) is 6.32. The van der Waals surface area contributed by atoms with Gasteiger partial charge in [0.05, 0.1) is 19.4 Å². The largest absolute Gasteiger partial charge is 0.469 e. The topological polar surface area (TPSA) is 84.9 Å². The fourth-order valence-corrected chi connectivity index (χ4v) is 2.81. The summed E-state index contributed by atoms with van der Waals surface area (Å²) in [7, 11) is 1.29. The van der Waals surface area contributed by atoms with Gasteiger partial charge in [-0.2, -0.15) is 0 Å². The number of rotatable bonds is 4. The SMILES string of the molecule is COC(=O)CCNC(=O)[C@@H]1CSCN1C(=O)OC(C)(C)C. The molecule has 0 unspecified atom stereocenters. The monoisotopic (exact) mass is 318 g/mol. The fourth-order valence-electron chi connectivity index (χ4n) is 1.67. The second-order valence-corrected chi connectivity index (χ2v) is 6.58. The van der Waals surface area contributed by atoms with Crippen molar-refractivity contribution in [2.45, 2.75) is 38.8 Å². The third-order valence-corrected chi connectivity index (χ3v) is 3.68. The highest BCUT2D eigenvalue weighted by Gasteiger charge is 2.36. The fraction of sp³-hybridized carbons (Fsp3) is 0.769. The molecular formula is C13H22N2O5S. The summed E-state index contributed by atoms with van der Waals surface area (Å²) in [6, 6.07) is -0.567. The van der Waals surface area contributed by atoms with E-state index in [1.807, 2.05) is 0 Å². The van der Waals surface area contributed by atoms with E-state index in [9.17, 15) is 14.4 Å². The molecule has 1 aliphatic heterocycles. The summed E-state index contributed by atoms with van der Waals surface area (Å²) in [6.07, 6.45) is -0.394. The number of carbonyl (C=O) groups is 3.